The van der Waals surface area contributed by atoms with Gasteiger partial charge in [0.05, 0.1) is 5.69 Å². The third-order valence-electron chi connectivity index (χ3n) is 4.90. The number of benzene rings is 1. The smallest absolute Gasteiger partial charge is 0.277 e. The number of nitrogens with one attached hydrogen (secondary N) is 1. The number of carbonyl (C=O) groups is 1. The number of aromatic nitrogens is 3. The van der Waals surface area contributed by atoms with Gasteiger partial charge in [-0.3, -0.25) is 14.9 Å². The molecule has 1 aliphatic carbocycles. The number of fused-ring (bicyclic) bond motifs is 1. The third-order valence-corrected chi connectivity index (χ3v) is 5.66. The van der Waals surface area contributed by atoms with Crippen molar-refractivity contribution in [2.75, 3.05) is 5.32 Å². The molecule has 0 radical (unpaired) electrons. The molecule has 2 heterocycles. The molecule has 0 atom stereocenters. The zero-order chi connectivity index (χ0) is 19.5. The van der Waals surface area contributed by atoms with Crippen LogP contribution < -0.4 is 10.9 Å². The fraction of sp³-hybridized carbons (Fsp3) is 0.333. The van der Waals surface area contributed by atoms with Crippen molar-refractivity contribution in [3.63, 3.8) is 0 Å². The van der Waals surface area contributed by atoms with Gasteiger partial charge in [-0.05, 0) is 55.4 Å². The predicted molar refractivity (Wildman–Crippen MR) is 111 cm³/mol. The summed E-state index contributed by atoms with van der Waals surface area (Å²) in [5.74, 6) is -0.365. The van der Waals surface area contributed by atoms with E-state index in [0.29, 0.717) is 11.7 Å². The molecule has 0 unspecified atom stereocenters. The lowest BCUT2D eigenvalue weighted by molar-refractivity contribution is 0.101. The van der Waals surface area contributed by atoms with Crippen molar-refractivity contribution in [3.8, 4) is 11.3 Å². The lowest BCUT2D eigenvalue weighted by atomic mass is 9.90. The van der Waals surface area contributed by atoms with Gasteiger partial charge in [-0.25, -0.2) is 9.67 Å². The van der Waals surface area contributed by atoms with Crippen molar-refractivity contribution < 1.29 is 4.79 Å². The molecular weight excluding hydrogens is 372 g/mol. The van der Waals surface area contributed by atoms with Crippen LogP contribution >= 0.6 is 11.3 Å². The van der Waals surface area contributed by atoms with Crippen LogP contribution in [0.2, 0.25) is 0 Å². The Balaban J connectivity index is 1.51. The van der Waals surface area contributed by atoms with Gasteiger partial charge in [0.2, 0.25) is 0 Å². The number of aryl methyl sites for hydroxylation is 3. The van der Waals surface area contributed by atoms with Gasteiger partial charge in [-0.2, -0.15) is 5.10 Å². The Hall–Kier alpha value is -2.80. The average Bonchev–Trinajstić information content (AvgIpc) is 3.18. The summed E-state index contributed by atoms with van der Waals surface area (Å²) < 4.78 is 1.31. The molecule has 28 heavy (non-hydrogen) atoms. The highest BCUT2D eigenvalue weighted by molar-refractivity contribution is 7.14. The first-order valence-electron chi connectivity index (χ1n) is 9.61. The van der Waals surface area contributed by atoms with E-state index in [1.165, 1.54) is 52.1 Å². The summed E-state index contributed by atoms with van der Waals surface area (Å²) >= 11 is 1.38. The van der Waals surface area contributed by atoms with E-state index in [4.69, 9.17) is 0 Å². The minimum Gasteiger partial charge on any atom is -0.296 e. The van der Waals surface area contributed by atoms with Crippen molar-refractivity contribution in [1.82, 2.24) is 14.8 Å². The van der Waals surface area contributed by atoms with Crippen molar-refractivity contribution in [2.45, 2.75) is 45.6 Å². The zero-order valence-electron chi connectivity index (χ0n) is 15.8. The molecule has 0 fully saturated rings. The van der Waals surface area contributed by atoms with Gasteiger partial charge in [-0.1, -0.05) is 19.1 Å². The van der Waals surface area contributed by atoms with Crippen LogP contribution in [0.15, 0.2) is 40.5 Å². The zero-order valence-corrected chi connectivity index (χ0v) is 16.6. The molecule has 0 spiro atoms. The largest absolute Gasteiger partial charge is 0.296 e. The van der Waals surface area contributed by atoms with Crippen LogP contribution in [0.25, 0.3) is 11.3 Å². The van der Waals surface area contributed by atoms with Gasteiger partial charge in [0, 0.05) is 23.6 Å². The van der Waals surface area contributed by atoms with Crippen LogP contribution in [0.4, 0.5) is 5.13 Å². The monoisotopic (exact) mass is 394 g/mol. The van der Waals surface area contributed by atoms with E-state index >= 15 is 0 Å². The van der Waals surface area contributed by atoms with Crippen LogP contribution in [-0.2, 0) is 19.4 Å². The predicted octanol–water partition coefficient (Wildman–Crippen LogP) is 3.91. The maximum atomic E-state index is 12.5. The maximum Gasteiger partial charge on any atom is 0.277 e. The molecule has 1 amide bonds. The van der Waals surface area contributed by atoms with E-state index in [9.17, 15) is 9.59 Å². The minimum atomic E-state index is -0.365. The van der Waals surface area contributed by atoms with Crippen LogP contribution in [-0.4, -0.2) is 20.7 Å². The lowest BCUT2D eigenvalue weighted by Crippen LogP contribution is -2.26. The number of amides is 1. The molecule has 1 N–H and O–H groups in total. The number of anilines is 1. The van der Waals surface area contributed by atoms with Gasteiger partial charge in [-0.15, -0.1) is 11.3 Å². The Labute approximate surface area is 167 Å². The molecule has 0 bridgehead atoms. The van der Waals surface area contributed by atoms with Crippen molar-refractivity contribution in [3.05, 3.63) is 62.9 Å². The molecule has 0 aliphatic heterocycles. The van der Waals surface area contributed by atoms with Crippen LogP contribution in [0.5, 0.6) is 0 Å². The Bertz CT molecular complexity index is 1070. The molecule has 4 rings (SSSR count). The number of hydrogen-bond acceptors (Lipinski definition) is 5. The number of carbonyl (C=O) groups excluding carboxylic acids is 1. The molecule has 144 valence electrons. The first-order chi connectivity index (χ1) is 13.6. The minimum absolute atomic E-state index is 0.206. The topological polar surface area (TPSA) is 76.9 Å². The lowest BCUT2D eigenvalue weighted by Gasteiger charge is -2.16. The molecule has 3 aromatic rings. The second kappa shape index (κ2) is 8.06. The fourth-order valence-corrected chi connectivity index (χ4v) is 4.17. The summed E-state index contributed by atoms with van der Waals surface area (Å²) in [7, 11) is 0. The highest BCUT2D eigenvalue weighted by Crippen LogP contribution is 2.29. The second-order valence-corrected chi connectivity index (χ2v) is 7.82. The SMILES string of the molecule is CCCn1nc(C(=O)Nc2nc(-c3ccc4c(c3)CCCC4)cs2)ccc1=O. The number of hydrogen-bond donors (Lipinski definition) is 1. The van der Waals surface area contributed by atoms with Gasteiger partial charge in [0.1, 0.15) is 5.69 Å². The Morgan fingerprint density at radius 3 is 2.82 bits per heavy atom. The molecule has 7 heteroatoms. The molecule has 0 saturated heterocycles. The summed E-state index contributed by atoms with van der Waals surface area (Å²) in [6, 6.07) is 9.34. The van der Waals surface area contributed by atoms with Gasteiger partial charge >= 0.3 is 0 Å². The first-order valence-corrected chi connectivity index (χ1v) is 10.5. The van der Waals surface area contributed by atoms with Gasteiger partial charge < -0.3 is 0 Å². The summed E-state index contributed by atoms with van der Waals surface area (Å²) in [5, 5.41) is 9.40. The van der Waals surface area contributed by atoms with Gasteiger partial charge in [0.25, 0.3) is 11.5 Å². The van der Waals surface area contributed by atoms with E-state index in [-0.39, 0.29) is 17.2 Å². The maximum absolute atomic E-state index is 12.5. The number of nitrogens with zero attached hydrogens (tertiary/aromatic N) is 3. The van der Waals surface area contributed by atoms with Crippen LogP contribution in [0.3, 0.4) is 0 Å². The van der Waals surface area contributed by atoms with Crippen LogP contribution in [0, 0.1) is 0 Å². The van der Waals surface area contributed by atoms with E-state index in [1.54, 1.807) is 0 Å². The molecule has 2 aromatic heterocycles. The summed E-state index contributed by atoms with van der Waals surface area (Å²) in [4.78, 5) is 28.8. The highest BCUT2D eigenvalue weighted by atomic mass is 32.1. The van der Waals surface area contributed by atoms with Crippen LogP contribution in [0.1, 0.15) is 47.8 Å². The van der Waals surface area contributed by atoms with Crippen molar-refractivity contribution in [1.29, 1.82) is 0 Å². The van der Waals surface area contributed by atoms with E-state index < -0.39 is 0 Å². The summed E-state index contributed by atoms with van der Waals surface area (Å²) in [6.45, 7) is 2.44. The summed E-state index contributed by atoms with van der Waals surface area (Å²) in [6.07, 6.45) is 5.55. The Morgan fingerprint density at radius 1 is 1.18 bits per heavy atom. The number of rotatable bonds is 5. The molecule has 1 aliphatic rings. The summed E-state index contributed by atoms with van der Waals surface area (Å²) in [5.41, 5.74) is 4.78. The average molecular weight is 395 g/mol. The quantitative estimate of drug-likeness (QED) is 0.712. The number of thiazole rings is 1. The fourth-order valence-electron chi connectivity index (χ4n) is 3.46. The van der Waals surface area contributed by atoms with Crippen molar-refractivity contribution >= 4 is 22.4 Å². The second-order valence-electron chi connectivity index (χ2n) is 6.96. The molecule has 0 saturated carbocycles. The Morgan fingerprint density at radius 2 is 2.00 bits per heavy atom. The first kappa shape index (κ1) is 18.6. The van der Waals surface area contributed by atoms with E-state index in [0.717, 1.165) is 30.5 Å². The third kappa shape index (κ3) is 3.89. The van der Waals surface area contributed by atoms with E-state index in [2.05, 4.69) is 33.6 Å². The molecule has 6 nitrogen and oxygen atoms in total. The normalized spacial score (nSPS) is 13.2. The van der Waals surface area contributed by atoms with Crippen molar-refractivity contribution in [2.24, 2.45) is 0 Å². The Kier molecular flexibility index (Phi) is 5.34. The highest BCUT2D eigenvalue weighted by Gasteiger charge is 2.14. The standard InChI is InChI=1S/C21H22N4O2S/c1-2-11-25-19(26)10-9-17(24-25)20(27)23-21-22-18(13-28-21)16-8-7-14-5-3-4-6-15(14)12-16/h7-10,12-13H,2-6,11H2,1H3,(H,22,23,27). The van der Waals surface area contributed by atoms with Gasteiger partial charge in [0.15, 0.2) is 5.13 Å². The molecular formula is C21H22N4O2S. The molecule has 1 aromatic carbocycles. The van der Waals surface area contributed by atoms with E-state index in [1.807, 2.05) is 12.3 Å².